The quantitative estimate of drug-likeness (QED) is 0.156. The van der Waals surface area contributed by atoms with Crippen LogP contribution in [-0.4, -0.2) is 34.7 Å². The molecule has 0 aromatic heterocycles. The standard InChI is InChI=1S/3C11H19O2.Mn/c3*1-10(2,3)8(12)7-9(13)11(4,5)6;/h3*1,7H2,2-6H3;/q3*-1;+3. The van der Waals surface area contributed by atoms with Crippen LogP contribution in [0.3, 0.4) is 0 Å². The van der Waals surface area contributed by atoms with Gasteiger partial charge < -0.3 is 35.2 Å². The van der Waals surface area contributed by atoms with E-state index in [4.69, 9.17) is 0 Å². The molecule has 0 aliphatic rings. The van der Waals surface area contributed by atoms with Crippen molar-refractivity contribution in [2.45, 2.75) is 123 Å². The summed E-state index contributed by atoms with van der Waals surface area (Å²) in [7, 11) is 0. The third-order valence-electron chi connectivity index (χ3n) is 5.74. The first kappa shape index (κ1) is 45.5. The zero-order valence-electron chi connectivity index (χ0n) is 28.1. The Kier molecular flexibility index (Phi) is 18.5. The van der Waals surface area contributed by atoms with Crippen LogP contribution in [0.5, 0.6) is 0 Å². The number of rotatable bonds is 9. The molecular formula is C33H57MnO6. The van der Waals surface area contributed by atoms with Crippen molar-refractivity contribution in [3.63, 3.8) is 0 Å². The minimum atomic E-state index is -0.652. The average molecular weight is 605 g/mol. The predicted molar refractivity (Wildman–Crippen MR) is 160 cm³/mol. The molecule has 0 aromatic rings. The van der Waals surface area contributed by atoms with Crippen LogP contribution in [0.15, 0.2) is 0 Å². The van der Waals surface area contributed by atoms with Gasteiger partial charge in [-0.25, -0.2) is 0 Å². The van der Waals surface area contributed by atoms with Crippen LogP contribution in [-0.2, 0) is 45.8 Å². The molecule has 0 aliphatic carbocycles. The fraction of sp³-hybridized carbons (Fsp3) is 0.727. The molecule has 0 bridgehead atoms. The van der Waals surface area contributed by atoms with Gasteiger partial charge in [0.15, 0.2) is 0 Å². The Hall–Kier alpha value is -1.46. The van der Waals surface area contributed by atoms with Crippen LogP contribution in [0.4, 0.5) is 0 Å². The third kappa shape index (κ3) is 21.3. The number of hydrogen-bond acceptors (Lipinski definition) is 6. The molecule has 232 valence electrons. The number of ketones is 6. The number of Topliss-reactive ketones (excluding diaryl/α,β-unsaturated/α-hetero) is 6. The smallest absolute Gasteiger partial charge is 0.331 e. The summed E-state index contributed by atoms with van der Waals surface area (Å²) in [5, 5.41) is 0. The molecule has 40 heavy (non-hydrogen) atoms. The molecule has 0 rings (SSSR count). The van der Waals surface area contributed by atoms with Crippen molar-refractivity contribution in [2.24, 2.45) is 32.5 Å². The third-order valence-corrected chi connectivity index (χ3v) is 5.74. The molecule has 0 saturated heterocycles. The van der Waals surface area contributed by atoms with Crippen molar-refractivity contribution in [2.75, 3.05) is 0 Å². The molecule has 0 atom stereocenters. The maximum absolute atomic E-state index is 11.5. The fourth-order valence-corrected chi connectivity index (χ4v) is 1.95. The second kappa shape index (κ2) is 16.2. The van der Waals surface area contributed by atoms with Gasteiger partial charge in [0.05, 0.1) is 19.3 Å². The van der Waals surface area contributed by atoms with Crippen LogP contribution in [0, 0.1) is 53.3 Å². The molecule has 0 radical (unpaired) electrons. The Morgan fingerprint density at radius 1 is 0.350 bits per heavy atom. The van der Waals surface area contributed by atoms with Crippen LogP contribution in [0.25, 0.3) is 0 Å². The molecule has 6 nitrogen and oxygen atoms in total. The zero-order valence-corrected chi connectivity index (χ0v) is 29.3. The van der Waals surface area contributed by atoms with Crippen molar-refractivity contribution < 1.29 is 45.8 Å². The maximum atomic E-state index is 11.5. The van der Waals surface area contributed by atoms with Crippen LogP contribution in [0.2, 0.25) is 0 Å². The summed E-state index contributed by atoms with van der Waals surface area (Å²) in [4.78, 5) is 68.7. The molecule has 0 heterocycles. The van der Waals surface area contributed by atoms with E-state index in [1.807, 2.05) is 62.3 Å². The number of carbonyl (C=O) groups excluding carboxylic acids is 6. The Balaban J connectivity index is -0.000000240. The summed E-state index contributed by atoms with van der Waals surface area (Å²) in [6, 6.07) is 0. The van der Waals surface area contributed by atoms with Gasteiger partial charge in [-0.1, -0.05) is 104 Å². The first-order valence-corrected chi connectivity index (χ1v) is 13.4. The summed E-state index contributed by atoms with van der Waals surface area (Å²) in [5.41, 5.74) is -3.24. The largest absolute Gasteiger partial charge is 3.00 e. The summed E-state index contributed by atoms with van der Waals surface area (Å²) < 4.78 is 0. The van der Waals surface area contributed by atoms with Gasteiger partial charge in [-0.3, -0.25) is 14.4 Å². The van der Waals surface area contributed by atoms with Crippen LogP contribution >= 0.6 is 0 Å². The van der Waals surface area contributed by atoms with Crippen molar-refractivity contribution in [3.8, 4) is 0 Å². The Morgan fingerprint density at radius 2 is 0.475 bits per heavy atom. The minimum Gasteiger partial charge on any atom is -0.331 e. The maximum Gasteiger partial charge on any atom is 3.00 e. The Bertz CT molecular complexity index is 693. The van der Waals surface area contributed by atoms with Crippen molar-refractivity contribution in [1.82, 2.24) is 0 Å². The van der Waals surface area contributed by atoms with Gasteiger partial charge >= 0.3 is 17.1 Å². The van der Waals surface area contributed by atoms with E-state index in [0.29, 0.717) is 0 Å². The fourth-order valence-electron chi connectivity index (χ4n) is 1.95. The molecule has 0 N–H and O–H groups in total. The molecule has 0 fully saturated rings. The molecule has 0 aromatic carbocycles. The molecule has 0 aliphatic heterocycles. The van der Waals surface area contributed by atoms with Crippen LogP contribution in [0.1, 0.15) is 123 Å². The van der Waals surface area contributed by atoms with E-state index in [1.54, 1.807) is 41.5 Å². The molecule has 7 heteroatoms. The van der Waals surface area contributed by atoms with E-state index >= 15 is 0 Å². The molecular weight excluding hydrogens is 547 g/mol. The van der Waals surface area contributed by atoms with Crippen molar-refractivity contribution in [1.29, 1.82) is 0 Å². The van der Waals surface area contributed by atoms with Gasteiger partial charge in [0.25, 0.3) is 0 Å². The predicted octanol–water partition coefficient (Wildman–Crippen LogP) is 7.26. The Morgan fingerprint density at radius 3 is 0.550 bits per heavy atom. The van der Waals surface area contributed by atoms with Crippen LogP contribution < -0.4 is 0 Å². The van der Waals surface area contributed by atoms with E-state index in [1.165, 1.54) is 0 Å². The van der Waals surface area contributed by atoms with E-state index in [2.05, 4.69) is 20.8 Å². The summed E-state index contributed by atoms with van der Waals surface area (Å²) >= 11 is 0. The van der Waals surface area contributed by atoms with Gasteiger partial charge in [0, 0.05) is 16.2 Å². The molecule has 0 amide bonds. The van der Waals surface area contributed by atoms with Crippen molar-refractivity contribution >= 4 is 34.7 Å². The topological polar surface area (TPSA) is 102 Å². The SMILES string of the molecule is [CH2-]C(C)(C)C(=O)CC(=O)C(C)(C)C.[CH2-]C(C)(C)C(=O)CC(=O)C(C)(C)C.[CH2-]C(C)(C)C(=O)CC(=O)C(C)(C)C.[Mn+3]. The summed E-state index contributed by atoms with van der Waals surface area (Å²) in [6.07, 6.45) is -0.000000000000000666. The van der Waals surface area contributed by atoms with E-state index < -0.39 is 32.5 Å². The Labute approximate surface area is 256 Å². The van der Waals surface area contributed by atoms with E-state index in [0.717, 1.165) is 0 Å². The van der Waals surface area contributed by atoms with Gasteiger partial charge in [-0.15, -0.1) is 16.2 Å². The van der Waals surface area contributed by atoms with Gasteiger partial charge in [0.1, 0.15) is 34.7 Å². The summed E-state index contributed by atoms with van der Waals surface area (Å²) in [6.45, 7) is 37.8. The van der Waals surface area contributed by atoms with E-state index in [-0.39, 0.29) is 71.0 Å². The van der Waals surface area contributed by atoms with Gasteiger partial charge in [0.2, 0.25) is 0 Å². The molecule has 0 unspecified atom stereocenters. The second-order valence-corrected chi connectivity index (χ2v) is 15.5. The average Bonchev–Trinajstić information content (AvgIpc) is 2.64. The van der Waals surface area contributed by atoms with Gasteiger partial charge in [-0.05, 0) is 0 Å². The normalized spacial score (nSPS) is 12.4. The monoisotopic (exact) mass is 604 g/mol. The minimum absolute atomic E-state index is 0. The molecule has 0 saturated carbocycles. The van der Waals surface area contributed by atoms with E-state index in [9.17, 15) is 28.8 Å². The molecule has 0 spiro atoms. The van der Waals surface area contributed by atoms with Gasteiger partial charge in [-0.2, -0.15) is 0 Å². The number of hydrogen-bond donors (Lipinski definition) is 0. The first-order chi connectivity index (χ1) is 16.6. The zero-order chi connectivity index (χ0) is 32.6. The summed E-state index contributed by atoms with van der Waals surface area (Å²) in [5.74, 6) is -0.329. The van der Waals surface area contributed by atoms with Crippen molar-refractivity contribution in [3.05, 3.63) is 20.8 Å². The number of carbonyl (C=O) groups is 6. The first-order valence-electron chi connectivity index (χ1n) is 13.4. The second-order valence-electron chi connectivity index (χ2n) is 15.5.